The number of aromatic nitrogens is 1. The van der Waals surface area contributed by atoms with Crippen molar-refractivity contribution in [1.82, 2.24) is 4.98 Å². The third kappa shape index (κ3) is 5.25. The standard InChI is InChI=1S/C19H12F5NO6.2Na/c1-2-3-7-14-8(4-9-12(26)6-13(17(29)30)31-15(7)9)10(5-11(25-14)16(27)28)18(20,21)19(22,23)24;;/h4-6H,2-3H2,1H3,(H,27,28)(H,29,30);;/q;2*+1/p-2. The van der Waals surface area contributed by atoms with Gasteiger partial charge in [0, 0.05) is 22.6 Å². The maximum Gasteiger partial charge on any atom is 1.00 e. The number of carbonyl (C=O) groups is 2. The summed E-state index contributed by atoms with van der Waals surface area (Å²) >= 11 is 0. The number of hydrogen-bond donors (Lipinski definition) is 0. The number of benzene rings is 1. The number of halogens is 5. The second-order valence-electron chi connectivity index (χ2n) is 6.55. The Morgan fingerprint density at radius 3 is 2.09 bits per heavy atom. The molecule has 3 rings (SSSR count). The minimum absolute atomic E-state index is 0. The van der Waals surface area contributed by atoms with Crippen LogP contribution in [0.3, 0.4) is 0 Å². The number of aromatic carboxylic acids is 2. The Labute approximate surface area is 225 Å². The smallest absolute Gasteiger partial charge is 0.543 e. The van der Waals surface area contributed by atoms with E-state index in [1.165, 1.54) is 0 Å². The quantitative estimate of drug-likeness (QED) is 0.202. The zero-order valence-corrected chi connectivity index (χ0v) is 21.4. The number of hydrogen-bond acceptors (Lipinski definition) is 7. The van der Waals surface area contributed by atoms with Crippen molar-refractivity contribution in [3.05, 3.63) is 51.0 Å². The maximum atomic E-state index is 14.3. The number of pyridine rings is 1. The second kappa shape index (κ2) is 10.4. The van der Waals surface area contributed by atoms with Crippen molar-refractivity contribution in [1.29, 1.82) is 0 Å². The van der Waals surface area contributed by atoms with Gasteiger partial charge in [0.1, 0.15) is 11.6 Å². The molecule has 7 nitrogen and oxygen atoms in total. The number of rotatable bonds is 5. The molecular formula is C19H10F5NNa2O6. The van der Waals surface area contributed by atoms with Crippen molar-refractivity contribution in [2.45, 2.75) is 31.9 Å². The predicted octanol–water partition coefficient (Wildman–Crippen LogP) is -4.32. The SMILES string of the molecule is CCCc1c2nc(C(=O)[O-])cc(C(F)(F)C(F)(F)F)c2cc2c(=O)cc(C(=O)[O-])oc12.[Na+].[Na+]. The summed E-state index contributed by atoms with van der Waals surface area (Å²) in [6.45, 7) is 1.58. The summed E-state index contributed by atoms with van der Waals surface area (Å²) in [4.78, 5) is 38.3. The van der Waals surface area contributed by atoms with Crippen molar-refractivity contribution in [3.63, 3.8) is 0 Å². The monoisotopic (exact) mass is 489 g/mol. The van der Waals surface area contributed by atoms with E-state index in [4.69, 9.17) is 4.42 Å². The second-order valence-corrected chi connectivity index (χ2v) is 6.55. The van der Waals surface area contributed by atoms with Crippen LogP contribution < -0.4 is 74.8 Å². The predicted molar refractivity (Wildman–Crippen MR) is 90.4 cm³/mol. The summed E-state index contributed by atoms with van der Waals surface area (Å²) in [5, 5.41) is 21.0. The van der Waals surface area contributed by atoms with Crippen LogP contribution in [0.2, 0.25) is 0 Å². The van der Waals surface area contributed by atoms with E-state index in [-0.39, 0.29) is 83.6 Å². The molecule has 2 heterocycles. The molecule has 0 aliphatic carbocycles. The van der Waals surface area contributed by atoms with Gasteiger partial charge in [-0.25, -0.2) is 4.98 Å². The van der Waals surface area contributed by atoms with Crippen molar-refractivity contribution in [2.75, 3.05) is 0 Å². The Kier molecular flexibility index (Phi) is 9.25. The van der Waals surface area contributed by atoms with E-state index in [0.717, 1.165) is 0 Å². The van der Waals surface area contributed by atoms with Crippen molar-refractivity contribution < 1.29 is 105 Å². The van der Waals surface area contributed by atoms with Crippen LogP contribution in [-0.2, 0) is 12.3 Å². The normalized spacial score (nSPS) is 11.7. The molecule has 0 aliphatic heterocycles. The van der Waals surface area contributed by atoms with E-state index in [1.54, 1.807) is 6.92 Å². The summed E-state index contributed by atoms with van der Waals surface area (Å²) < 4.78 is 72.9. The van der Waals surface area contributed by atoms with Gasteiger partial charge in [0.05, 0.1) is 22.6 Å². The molecule has 164 valence electrons. The molecule has 33 heavy (non-hydrogen) atoms. The number of fused-ring (bicyclic) bond motifs is 2. The number of aryl methyl sites for hydroxylation is 1. The van der Waals surface area contributed by atoms with Crippen LogP contribution in [0.15, 0.2) is 27.4 Å². The Hall–Kier alpha value is -1.57. The van der Waals surface area contributed by atoms with E-state index in [0.29, 0.717) is 12.1 Å². The first-order chi connectivity index (χ1) is 14.3. The molecule has 3 aromatic rings. The first-order valence-electron chi connectivity index (χ1n) is 8.61. The number of carbonyl (C=O) groups excluding carboxylic acids is 2. The zero-order valence-electron chi connectivity index (χ0n) is 17.4. The molecule has 0 unspecified atom stereocenters. The van der Waals surface area contributed by atoms with E-state index in [2.05, 4.69) is 4.98 Å². The number of carboxylic acid groups (broad SMARTS) is 2. The van der Waals surface area contributed by atoms with E-state index in [1.807, 2.05) is 0 Å². The topological polar surface area (TPSA) is 123 Å². The summed E-state index contributed by atoms with van der Waals surface area (Å²) in [5.74, 6) is -10.4. The van der Waals surface area contributed by atoms with Crippen LogP contribution in [0.1, 0.15) is 45.5 Å². The minimum Gasteiger partial charge on any atom is -0.543 e. The average molecular weight is 489 g/mol. The van der Waals surface area contributed by atoms with Crippen molar-refractivity contribution in [3.8, 4) is 0 Å². The maximum absolute atomic E-state index is 14.3. The Morgan fingerprint density at radius 1 is 1.00 bits per heavy atom. The first kappa shape index (κ1) is 29.5. The third-order valence-electron chi connectivity index (χ3n) is 4.50. The van der Waals surface area contributed by atoms with Gasteiger partial charge in [0.25, 0.3) is 0 Å². The molecule has 0 fully saturated rings. The van der Waals surface area contributed by atoms with E-state index >= 15 is 0 Å². The molecule has 0 amide bonds. The largest absolute Gasteiger partial charge is 1.00 e. The van der Waals surface area contributed by atoms with Crippen LogP contribution in [0, 0.1) is 0 Å². The van der Waals surface area contributed by atoms with Gasteiger partial charge in [-0.2, -0.15) is 22.0 Å². The Bertz CT molecular complexity index is 1310. The molecule has 14 heteroatoms. The minimum atomic E-state index is -6.09. The Morgan fingerprint density at radius 2 is 1.61 bits per heavy atom. The third-order valence-corrected chi connectivity index (χ3v) is 4.50. The molecule has 0 saturated carbocycles. The van der Waals surface area contributed by atoms with Gasteiger partial charge in [0.2, 0.25) is 0 Å². The molecule has 0 saturated heterocycles. The van der Waals surface area contributed by atoms with Crippen molar-refractivity contribution in [2.24, 2.45) is 0 Å². The molecule has 0 bridgehead atoms. The molecule has 0 N–H and O–H groups in total. The first-order valence-corrected chi connectivity index (χ1v) is 8.61. The van der Waals surface area contributed by atoms with E-state index < -0.39 is 68.4 Å². The zero-order chi connectivity index (χ0) is 23.3. The van der Waals surface area contributed by atoms with Crippen LogP contribution in [-0.4, -0.2) is 23.1 Å². The number of carboxylic acids is 2. The molecule has 0 spiro atoms. The van der Waals surface area contributed by atoms with Gasteiger partial charge in [-0.1, -0.05) is 13.3 Å². The van der Waals surface area contributed by atoms with Crippen LogP contribution in [0.4, 0.5) is 22.0 Å². The van der Waals surface area contributed by atoms with Crippen LogP contribution >= 0.6 is 0 Å². The van der Waals surface area contributed by atoms with Gasteiger partial charge in [-0.05, 0) is 18.6 Å². The molecule has 0 radical (unpaired) electrons. The van der Waals surface area contributed by atoms with Gasteiger partial charge in [-0.15, -0.1) is 0 Å². The average Bonchev–Trinajstić information content (AvgIpc) is 2.66. The molecular weight excluding hydrogens is 479 g/mol. The van der Waals surface area contributed by atoms with E-state index in [9.17, 15) is 46.5 Å². The fourth-order valence-electron chi connectivity index (χ4n) is 3.15. The molecule has 0 atom stereocenters. The van der Waals surface area contributed by atoms with Gasteiger partial charge >= 0.3 is 71.2 Å². The van der Waals surface area contributed by atoms with Crippen molar-refractivity contribution >= 4 is 33.8 Å². The van der Waals surface area contributed by atoms with Gasteiger partial charge in [-0.3, -0.25) is 4.79 Å². The fraction of sp³-hybridized carbons (Fsp3) is 0.263. The molecule has 1 aromatic carbocycles. The van der Waals surface area contributed by atoms with Crippen LogP contribution in [0.5, 0.6) is 0 Å². The van der Waals surface area contributed by atoms with Crippen LogP contribution in [0.25, 0.3) is 21.9 Å². The summed E-state index contributed by atoms with van der Waals surface area (Å²) in [6, 6.07) is 1.16. The Balaban J connectivity index is 0.00000272. The molecule has 0 aliphatic rings. The summed E-state index contributed by atoms with van der Waals surface area (Å²) in [6.07, 6.45) is -5.97. The van der Waals surface area contributed by atoms with Gasteiger partial charge < -0.3 is 24.2 Å². The fourth-order valence-corrected chi connectivity index (χ4v) is 3.15. The van der Waals surface area contributed by atoms with Gasteiger partial charge in [0.15, 0.2) is 11.2 Å². The summed E-state index contributed by atoms with van der Waals surface area (Å²) in [5.41, 5.74) is -5.25. The number of nitrogens with zero attached hydrogens (tertiary/aromatic N) is 1. The molecule has 2 aromatic heterocycles. The summed E-state index contributed by atoms with van der Waals surface area (Å²) in [7, 11) is 0. The number of alkyl halides is 5.